The van der Waals surface area contributed by atoms with E-state index in [1.54, 1.807) is 19.1 Å². The Kier molecular flexibility index (Phi) is 9.33. The highest BCUT2D eigenvalue weighted by atomic mass is 32.2. The highest BCUT2D eigenvalue weighted by molar-refractivity contribution is 7.91. The molecule has 0 spiro atoms. The molecule has 2 amide bonds. The van der Waals surface area contributed by atoms with E-state index in [-0.39, 0.29) is 23.2 Å². The van der Waals surface area contributed by atoms with Gasteiger partial charge in [-0.15, -0.1) is 0 Å². The lowest BCUT2D eigenvalue weighted by atomic mass is 9.82. The van der Waals surface area contributed by atoms with Crippen molar-refractivity contribution in [3.8, 4) is 0 Å². The Hall–Kier alpha value is -2.91. The Morgan fingerprint density at radius 1 is 1.08 bits per heavy atom. The molecule has 0 radical (unpaired) electrons. The number of hydrogen-bond donors (Lipinski definition) is 2. The Labute approximate surface area is 232 Å². The molecule has 39 heavy (non-hydrogen) atoms. The van der Waals surface area contributed by atoms with Gasteiger partial charge in [-0.3, -0.25) is 9.69 Å². The molecule has 1 fully saturated rings. The molecule has 0 saturated heterocycles. The zero-order chi connectivity index (χ0) is 28.2. The third-order valence-corrected chi connectivity index (χ3v) is 10.1. The summed E-state index contributed by atoms with van der Waals surface area (Å²) in [5, 5.41) is 2.94. The highest BCUT2D eigenvalue weighted by Gasteiger charge is 2.32. The van der Waals surface area contributed by atoms with Gasteiger partial charge in [-0.1, -0.05) is 51.8 Å². The van der Waals surface area contributed by atoms with E-state index in [2.05, 4.69) is 30.1 Å². The van der Waals surface area contributed by atoms with E-state index >= 15 is 0 Å². The van der Waals surface area contributed by atoms with Crippen LogP contribution in [0.25, 0.3) is 0 Å². The predicted octanol–water partition coefficient (Wildman–Crippen LogP) is 5.14. The minimum atomic E-state index is -3.36. The number of amides is 2. The first-order valence-electron chi connectivity index (χ1n) is 14.0. The maximum Gasteiger partial charge on any atom is 0.404 e. The second-order valence-electron chi connectivity index (χ2n) is 11.0. The van der Waals surface area contributed by atoms with Crippen LogP contribution in [0.3, 0.4) is 0 Å². The summed E-state index contributed by atoms with van der Waals surface area (Å²) in [4.78, 5) is 27.4. The third-order valence-electron chi connectivity index (χ3n) is 8.31. The van der Waals surface area contributed by atoms with Crippen LogP contribution in [0.1, 0.15) is 92.0 Å². The topological polar surface area (TPSA) is 119 Å². The first-order chi connectivity index (χ1) is 18.6. The molecule has 3 N–H and O–H groups in total. The van der Waals surface area contributed by atoms with Crippen molar-refractivity contribution >= 4 is 21.8 Å². The number of nitrogens with two attached hydrogens (primary N) is 1. The van der Waals surface area contributed by atoms with Gasteiger partial charge in [0.05, 0.1) is 16.7 Å². The second kappa shape index (κ2) is 12.5. The van der Waals surface area contributed by atoms with Crippen molar-refractivity contribution in [3.05, 3.63) is 64.7 Å². The van der Waals surface area contributed by atoms with E-state index in [0.717, 1.165) is 31.3 Å². The molecule has 2 aromatic carbocycles. The summed E-state index contributed by atoms with van der Waals surface area (Å²) in [5.41, 5.74) is 8.79. The van der Waals surface area contributed by atoms with Crippen molar-refractivity contribution in [3.63, 3.8) is 0 Å². The van der Waals surface area contributed by atoms with Gasteiger partial charge in [-0.25, -0.2) is 13.2 Å². The molecule has 2 atom stereocenters. The molecule has 4 rings (SSSR count). The molecule has 1 aliphatic heterocycles. The van der Waals surface area contributed by atoms with E-state index in [4.69, 9.17) is 10.5 Å². The summed E-state index contributed by atoms with van der Waals surface area (Å²) in [5.74, 6) is 1.26. The van der Waals surface area contributed by atoms with Gasteiger partial charge in [0, 0.05) is 24.7 Å². The van der Waals surface area contributed by atoms with Crippen LogP contribution in [-0.2, 0) is 21.1 Å². The van der Waals surface area contributed by atoms with E-state index in [0.29, 0.717) is 17.2 Å². The van der Waals surface area contributed by atoms with Gasteiger partial charge in [0.15, 0.2) is 9.84 Å². The standard InChI is InChI=1S/C30H41N3O5S/c1-4-28-26-15-12-23(16-24(26)18-33(28)17-21-8-6-20(3)7-9-21)29(34)32-27(19-38-30(31)35)22-10-13-25(14-11-22)39(36,37)5-2/h10-16,20-21,27-28H,4-9,17-19H2,1-3H3,(H2,31,35)(H,32,34)/t20-,21-,27-,28-/m0/s1. The van der Waals surface area contributed by atoms with Crippen LogP contribution in [0.5, 0.6) is 0 Å². The largest absolute Gasteiger partial charge is 0.447 e. The predicted molar refractivity (Wildman–Crippen MR) is 151 cm³/mol. The van der Waals surface area contributed by atoms with Crippen LogP contribution in [0.15, 0.2) is 47.4 Å². The summed E-state index contributed by atoms with van der Waals surface area (Å²) in [7, 11) is -3.36. The molecule has 212 valence electrons. The molecule has 1 saturated carbocycles. The van der Waals surface area contributed by atoms with Crippen molar-refractivity contribution in [1.82, 2.24) is 10.2 Å². The Balaban J connectivity index is 1.49. The lowest BCUT2D eigenvalue weighted by Gasteiger charge is -2.32. The quantitative estimate of drug-likeness (QED) is 0.419. The van der Waals surface area contributed by atoms with Gasteiger partial charge in [-0.2, -0.15) is 0 Å². The third kappa shape index (κ3) is 7.00. The number of sulfone groups is 1. The van der Waals surface area contributed by atoms with Crippen LogP contribution in [0.4, 0.5) is 4.79 Å². The smallest absolute Gasteiger partial charge is 0.404 e. The van der Waals surface area contributed by atoms with Crippen LogP contribution in [0.2, 0.25) is 0 Å². The summed E-state index contributed by atoms with van der Waals surface area (Å²) >= 11 is 0. The number of carbonyl (C=O) groups excluding carboxylic acids is 2. The van der Waals surface area contributed by atoms with Crippen LogP contribution in [-0.4, -0.2) is 44.2 Å². The Morgan fingerprint density at radius 3 is 2.38 bits per heavy atom. The Morgan fingerprint density at radius 2 is 1.77 bits per heavy atom. The zero-order valence-corrected chi connectivity index (χ0v) is 24.0. The molecule has 0 bridgehead atoms. The van der Waals surface area contributed by atoms with E-state index < -0.39 is 22.0 Å². The lowest BCUT2D eigenvalue weighted by molar-refractivity contribution is 0.0898. The van der Waals surface area contributed by atoms with Crippen LogP contribution in [0, 0.1) is 11.8 Å². The van der Waals surface area contributed by atoms with Gasteiger partial charge in [0.25, 0.3) is 5.91 Å². The first-order valence-corrected chi connectivity index (χ1v) is 15.7. The maximum atomic E-state index is 13.3. The number of carbonyl (C=O) groups is 2. The van der Waals surface area contributed by atoms with Crippen molar-refractivity contribution < 1.29 is 22.7 Å². The van der Waals surface area contributed by atoms with E-state index in [9.17, 15) is 18.0 Å². The zero-order valence-electron chi connectivity index (χ0n) is 23.2. The molecule has 2 aliphatic rings. The minimum Gasteiger partial charge on any atom is -0.447 e. The Bertz CT molecular complexity index is 1270. The highest BCUT2D eigenvalue weighted by Crippen LogP contribution is 2.39. The molecular formula is C30H41N3O5S. The maximum absolute atomic E-state index is 13.3. The van der Waals surface area contributed by atoms with Gasteiger partial charge in [-0.05, 0) is 72.1 Å². The number of fused-ring (bicyclic) bond motifs is 1. The SMILES string of the molecule is CC[C@H]1c2ccc(C(=O)N[C@@H](COC(N)=O)c3ccc(S(=O)(=O)CC)cc3)cc2CN1C[C@H]1CC[C@H](C)CC1. The van der Waals surface area contributed by atoms with Gasteiger partial charge in [0.1, 0.15) is 6.61 Å². The number of hydrogen-bond acceptors (Lipinski definition) is 6. The normalized spacial score (nSPS) is 22.2. The summed E-state index contributed by atoms with van der Waals surface area (Å²) in [6.45, 7) is 7.91. The number of rotatable bonds is 10. The number of nitrogens with one attached hydrogen (secondary N) is 1. The fourth-order valence-electron chi connectivity index (χ4n) is 5.95. The first kappa shape index (κ1) is 29.1. The molecule has 8 nitrogen and oxygen atoms in total. The number of benzene rings is 2. The molecule has 1 aliphatic carbocycles. The monoisotopic (exact) mass is 555 g/mol. The van der Waals surface area contributed by atoms with Gasteiger partial charge in [0.2, 0.25) is 0 Å². The average molecular weight is 556 g/mol. The molecule has 0 aromatic heterocycles. The van der Waals surface area contributed by atoms with E-state index in [1.807, 2.05) is 12.1 Å². The lowest BCUT2D eigenvalue weighted by Crippen LogP contribution is -2.33. The van der Waals surface area contributed by atoms with E-state index in [1.165, 1.54) is 48.9 Å². The minimum absolute atomic E-state index is 0.00813. The van der Waals surface area contributed by atoms with Crippen molar-refractivity contribution in [2.45, 2.75) is 76.4 Å². The number of ether oxygens (including phenoxy) is 1. The van der Waals surface area contributed by atoms with Gasteiger partial charge < -0.3 is 15.8 Å². The fraction of sp³-hybridized carbons (Fsp3) is 0.533. The number of nitrogens with zero attached hydrogens (tertiary/aromatic N) is 1. The summed E-state index contributed by atoms with van der Waals surface area (Å²) < 4.78 is 29.4. The summed E-state index contributed by atoms with van der Waals surface area (Å²) in [6.07, 6.45) is 5.28. The molecule has 0 unspecified atom stereocenters. The molecule has 2 aromatic rings. The van der Waals surface area contributed by atoms with Crippen molar-refractivity contribution in [1.29, 1.82) is 0 Å². The second-order valence-corrected chi connectivity index (χ2v) is 13.3. The fourth-order valence-corrected chi connectivity index (χ4v) is 6.83. The van der Waals surface area contributed by atoms with Crippen LogP contribution < -0.4 is 11.1 Å². The average Bonchev–Trinajstić information content (AvgIpc) is 3.28. The summed E-state index contributed by atoms with van der Waals surface area (Å²) in [6, 6.07) is 11.8. The molecule has 1 heterocycles. The van der Waals surface area contributed by atoms with Gasteiger partial charge >= 0.3 is 6.09 Å². The van der Waals surface area contributed by atoms with Crippen molar-refractivity contribution in [2.24, 2.45) is 17.6 Å². The molecular weight excluding hydrogens is 514 g/mol. The van der Waals surface area contributed by atoms with Crippen molar-refractivity contribution in [2.75, 3.05) is 18.9 Å². The number of primary amides is 1. The van der Waals surface area contributed by atoms with Crippen LogP contribution >= 0.6 is 0 Å². The molecule has 9 heteroatoms.